The molecular weight excluding hydrogens is 273 g/mol. The molecule has 1 aromatic rings. The first-order valence-corrected chi connectivity index (χ1v) is 4.92. The summed E-state index contributed by atoms with van der Waals surface area (Å²) in [4.78, 5) is 4.21. The average molecular weight is 284 g/mol. The van der Waals surface area contributed by atoms with Crippen LogP contribution in [0.4, 0.5) is 0 Å². The van der Waals surface area contributed by atoms with Crippen molar-refractivity contribution >= 4 is 12.2 Å². The molecule has 0 amide bonds. The van der Waals surface area contributed by atoms with Crippen molar-refractivity contribution in [2.75, 3.05) is 0 Å². The Labute approximate surface area is 113 Å². The summed E-state index contributed by atoms with van der Waals surface area (Å²) in [7, 11) is 0. The molecule has 1 aromatic heterocycles. The topological polar surface area (TPSA) is 41.8 Å². The van der Waals surface area contributed by atoms with E-state index in [1.807, 2.05) is 0 Å². The molecule has 1 aliphatic rings. The van der Waals surface area contributed by atoms with Gasteiger partial charge in [-0.3, -0.25) is 0 Å². The van der Waals surface area contributed by atoms with Crippen LogP contribution >= 0.6 is 12.2 Å². The number of rotatable bonds is 1. The van der Waals surface area contributed by atoms with Crippen molar-refractivity contribution in [3.63, 3.8) is 0 Å². The van der Waals surface area contributed by atoms with Crippen molar-refractivity contribution in [3.05, 3.63) is 22.3 Å². The van der Waals surface area contributed by atoms with E-state index in [4.69, 9.17) is 16.7 Å². The normalized spacial score (nSPS) is 16.1. The third-order valence-electron chi connectivity index (χ3n) is 2.19. The zero-order chi connectivity index (χ0) is 9.10. The fourth-order valence-electron chi connectivity index (χ4n) is 1.55. The number of aromatic amines is 1. The van der Waals surface area contributed by atoms with Crippen LogP contribution in [0.3, 0.4) is 0 Å². The van der Waals surface area contributed by atoms with Gasteiger partial charge in [-0.1, -0.05) is 32.1 Å². The van der Waals surface area contributed by atoms with Crippen molar-refractivity contribution in [2.45, 2.75) is 32.1 Å². The monoisotopic (exact) mass is 284 g/mol. The Morgan fingerprint density at radius 1 is 1.29 bits per heavy atom. The molecule has 5 heteroatoms. The van der Waals surface area contributed by atoms with E-state index in [-0.39, 0.29) is 37.5 Å². The van der Waals surface area contributed by atoms with Gasteiger partial charge in [0.1, 0.15) is 0 Å². The van der Waals surface area contributed by atoms with Gasteiger partial charge in [0.2, 0.25) is 0 Å². The molecule has 1 fully saturated rings. The van der Waals surface area contributed by atoms with E-state index in [1.165, 1.54) is 24.8 Å². The maximum Gasteiger partial charge on any atom is 0.311 e. The second-order valence-electron chi connectivity index (χ2n) is 3.22. The third kappa shape index (κ3) is 3.41. The molecule has 1 saturated carbocycles. The molecule has 73 valence electrons. The minimum absolute atomic E-state index is 0. The number of allylic oxidation sites excluding steroid dienone is 1. The van der Waals surface area contributed by atoms with Crippen molar-refractivity contribution in [1.29, 1.82) is 0 Å². The van der Waals surface area contributed by atoms with Crippen molar-refractivity contribution in [3.8, 4) is 0 Å². The Bertz CT molecular complexity index is 361. The van der Waals surface area contributed by atoms with E-state index in [9.17, 15) is 0 Å². The van der Waals surface area contributed by atoms with Crippen LogP contribution in [0.25, 0.3) is 0 Å². The molecular formula is C9H11N2OSY-. The molecule has 1 aliphatic carbocycles. The first-order valence-electron chi connectivity index (χ1n) is 4.52. The Hall–Kier alpha value is 0.204. The van der Waals surface area contributed by atoms with E-state index in [0.717, 1.165) is 12.8 Å². The Kier molecular flexibility index (Phi) is 5.20. The molecule has 0 saturated heterocycles. The number of H-pyrrole nitrogens is 1. The average Bonchev–Trinajstić information content (AvgIpc) is 2.53. The van der Waals surface area contributed by atoms with Gasteiger partial charge in [0.25, 0.3) is 0 Å². The summed E-state index contributed by atoms with van der Waals surface area (Å²) in [6.07, 6.45) is 9.32. The summed E-state index contributed by atoms with van der Waals surface area (Å²) in [6, 6.07) is 0. The summed E-state index contributed by atoms with van der Waals surface area (Å²) >= 11 is 4.74. The SMILES string of the molecule is S=c1nc([C-]=C2CCCCC2)[nH]o1.[Y]. The van der Waals surface area contributed by atoms with Crippen LogP contribution < -0.4 is 0 Å². The van der Waals surface area contributed by atoms with Crippen LogP contribution in [0.1, 0.15) is 37.9 Å². The van der Waals surface area contributed by atoms with Crippen LogP contribution in [0.2, 0.25) is 0 Å². The predicted molar refractivity (Wildman–Crippen MR) is 50.6 cm³/mol. The number of nitrogens with zero attached hydrogens (tertiary/aromatic N) is 1. The van der Waals surface area contributed by atoms with Crippen LogP contribution in [0.5, 0.6) is 0 Å². The van der Waals surface area contributed by atoms with Gasteiger partial charge >= 0.3 is 4.84 Å². The maximum atomic E-state index is 4.81. The second kappa shape index (κ2) is 5.93. The van der Waals surface area contributed by atoms with E-state index in [2.05, 4.69) is 16.2 Å². The van der Waals surface area contributed by atoms with Crippen molar-refractivity contribution in [1.82, 2.24) is 10.1 Å². The Balaban J connectivity index is 0.000000980. The summed E-state index contributed by atoms with van der Waals surface area (Å²) in [5.41, 5.74) is 1.32. The molecule has 2 rings (SSSR count). The molecule has 0 atom stereocenters. The minimum atomic E-state index is 0. The number of hydrogen-bond acceptors (Lipinski definition) is 3. The molecule has 0 aliphatic heterocycles. The van der Waals surface area contributed by atoms with E-state index in [1.54, 1.807) is 0 Å². The summed E-state index contributed by atoms with van der Waals surface area (Å²) < 4.78 is 4.81. The van der Waals surface area contributed by atoms with Gasteiger partial charge in [0, 0.05) is 32.7 Å². The van der Waals surface area contributed by atoms with Crippen molar-refractivity contribution in [2.24, 2.45) is 0 Å². The molecule has 0 bridgehead atoms. The first kappa shape index (κ1) is 12.3. The Morgan fingerprint density at radius 2 is 2.00 bits per heavy atom. The predicted octanol–water partition coefficient (Wildman–Crippen LogP) is 2.77. The molecule has 3 nitrogen and oxygen atoms in total. The number of hydrogen-bond donors (Lipinski definition) is 1. The summed E-state index contributed by atoms with van der Waals surface area (Å²) in [6.45, 7) is 0. The van der Waals surface area contributed by atoms with Gasteiger partial charge in [0.05, 0.1) is 0 Å². The van der Waals surface area contributed by atoms with Gasteiger partial charge in [-0.25, -0.2) is 15.7 Å². The van der Waals surface area contributed by atoms with Gasteiger partial charge < -0.3 is 10.6 Å². The molecule has 1 heterocycles. The minimum Gasteiger partial charge on any atom is -0.425 e. The van der Waals surface area contributed by atoms with Crippen LogP contribution in [-0.2, 0) is 32.7 Å². The molecule has 14 heavy (non-hydrogen) atoms. The second-order valence-corrected chi connectivity index (χ2v) is 3.57. The zero-order valence-electron chi connectivity index (χ0n) is 7.88. The first-order chi connectivity index (χ1) is 6.34. The van der Waals surface area contributed by atoms with E-state index >= 15 is 0 Å². The zero-order valence-corrected chi connectivity index (χ0v) is 11.5. The molecule has 1 radical (unpaired) electrons. The number of aromatic nitrogens is 2. The van der Waals surface area contributed by atoms with E-state index in [0.29, 0.717) is 5.82 Å². The van der Waals surface area contributed by atoms with E-state index < -0.39 is 0 Å². The summed E-state index contributed by atoms with van der Waals surface area (Å²) in [5, 5.41) is 2.63. The fourth-order valence-corrected chi connectivity index (χ4v) is 1.69. The van der Waals surface area contributed by atoms with Gasteiger partial charge in [-0.2, -0.15) is 0 Å². The van der Waals surface area contributed by atoms with Gasteiger partial charge in [-0.15, -0.1) is 0 Å². The Morgan fingerprint density at radius 3 is 2.57 bits per heavy atom. The maximum absolute atomic E-state index is 4.81. The van der Waals surface area contributed by atoms with Gasteiger partial charge in [0.15, 0.2) is 0 Å². The fraction of sp³-hybridized carbons (Fsp3) is 0.556. The van der Waals surface area contributed by atoms with Gasteiger partial charge in [-0.05, 0) is 18.0 Å². The quantitative estimate of drug-likeness (QED) is 0.637. The molecule has 0 aromatic carbocycles. The van der Waals surface area contributed by atoms with Crippen LogP contribution in [0.15, 0.2) is 10.1 Å². The third-order valence-corrected chi connectivity index (χ3v) is 2.37. The molecule has 0 spiro atoms. The standard InChI is InChI=1S/C9H11N2OS.Y/c13-9-10-8(11-12-9)6-7-4-2-1-3-5-7;/h1-5H2,(H,10,11,13);/q-1;. The largest absolute Gasteiger partial charge is 0.425 e. The van der Waals surface area contributed by atoms with Crippen LogP contribution in [-0.4, -0.2) is 10.1 Å². The molecule has 0 unspecified atom stereocenters. The molecule has 1 N–H and O–H groups in total. The van der Waals surface area contributed by atoms with Crippen molar-refractivity contribution < 1.29 is 37.2 Å². The van der Waals surface area contributed by atoms with Crippen LogP contribution in [0, 0.1) is 10.9 Å². The number of nitrogens with one attached hydrogen (secondary N) is 1. The summed E-state index contributed by atoms with van der Waals surface area (Å²) in [5.74, 6) is 0.627. The smallest absolute Gasteiger partial charge is 0.311 e.